The van der Waals surface area contributed by atoms with Crippen molar-refractivity contribution in [2.75, 3.05) is 11.5 Å². The van der Waals surface area contributed by atoms with Gasteiger partial charge in [0.1, 0.15) is 0 Å². The molecule has 0 unspecified atom stereocenters. The summed E-state index contributed by atoms with van der Waals surface area (Å²) in [5, 5.41) is 5.56. The third-order valence-electron chi connectivity index (χ3n) is 3.70. The Kier molecular flexibility index (Phi) is 3.88. The summed E-state index contributed by atoms with van der Waals surface area (Å²) in [5.41, 5.74) is 16.6. The smallest absolute Gasteiger partial charge is 0.0793 e. The lowest BCUT2D eigenvalue weighted by Gasteiger charge is -2.24. The van der Waals surface area contributed by atoms with Crippen LogP contribution < -0.4 is 16.7 Å². The van der Waals surface area contributed by atoms with E-state index in [9.17, 15) is 0 Å². The number of hydrogen-bond acceptors (Lipinski definition) is 4. The molecule has 2 aromatic heterocycles. The summed E-state index contributed by atoms with van der Waals surface area (Å²) in [6.45, 7) is 7.13. The Morgan fingerprint density at radius 3 is 1.55 bits per heavy atom. The van der Waals surface area contributed by atoms with E-state index in [0.29, 0.717) is 0 Å². The molecule has 2 nitrogen and oxygen atoms in total. The van der Waals surface area contributed by atoms with E-state index in [1.807, 2.05) is 12.1 Å². The molecule has 3 aromatic rings. The highest BCUT2D eigenvalue weighted by molar-refractivity contribution is 7.15. The Morgan fingerprint density at radius 1 is 0.773 bits per heavy atom. The Hall–Kier alpha value is -1.56. The SMILES string of the molecule is C[Si](C)(C)c1c(-c2sccc2N)cccc1-c1sccc1N. The monoisotopic (exact) mass is 344 g/mol. The fourth-order valence-electron chi connectivity index (χ4n) is 2.81. The first-order valence-electron chi connectivity index (χ1n) is 7.20. The predicted octanol–water partition coefficient (Wildman–Crippen LogP) is 4.85. The van der Waals surface area contributed by atoms with Crippen LogP contribution >= 0.6 is 22.7 Å². The van der Waals surface area contributed by atoms with Crippen molar-refractivity contribution in [2.24, 2.45) is 0 Å². The van der Waals surface area contributed by atoms with Gasteiger partial charge in [0.2, 0.25) is 0 Å². The van der Waals surface area contributed by atoms with Gasteiger partial charge in [-0.25, -0.2) is 0 Å². The van der Waals surface area contributed by atoms with Crippen molar-refractivity contribution in [2.45, 2.75) is 19.6 Å². The van der Waals surface area contributed by atoms with Crippen LogP contribution in [0.1, 0.15) is 0 Å². The number of benzene rings is 1. The predicted molar refractivity (Wildman–Crippen MR) is 105 cm³/mol. The molecule has 0 amide bonds. The topological polar surface area (TPSA) is 52.0 Å². The van der Waals surface area contributed by atoms with Crippen molar-refractivity contribution in [3.8, 4) is 20.9 Å². The number of nitrogens with two attached hydrogens (primary N) is 2. The van der Waals surface area contributed by atoms with Crippen molar-refractivity contribution in [1.82, 2.24) is 0 Å². The molecule has 0 saturated carbocycles. The van der Waals surface area contributed by atoms with Crippen LogP contribution in [0, 0.1) is 0 Å². The van der Waals surface area contributed by atoms with E-state index in [1.165, 1.54) is 26.1 Å². The van der Waals surface area contributed by atoms with Crippen molar-refractivity contribution in [3.05, 3.63) is 41.1 Å². The molecule has 5 heteroatoms. The molecule has 0 aliphatic rings. The molecule has 114 valence electrons. The maximum Gasteiger partial charge on any atom is 0.0793 e. The first kappa shape index (κ1) is 15.3. The summed E-state index contributed by atoms with van der Waals surface area (Å²) in [5.74, 6) is 0. The number of nitrogen functional groups attached to an aromatic ring is 2. The molecule has 0 spiro atoms. The normalized spacial score (nSPS) is 11.8. The zero-order valence-electron chi connectivity index (χ0n) is 13.0. The second kappa shape index (κ2) is 5.57. The summed E-state index contributed by atoms with van der Waals surface area (Å²) in [7, 11) is -1.58. The Bertz CT molecular complexity index is 754. The number of anilines is 2. The Morgan fingerprint density at radius 2 is 1.23 bits per heavy atom. The van der Waals surface area contributed by atoms with Gasteiger partial charge < -0.3 is 11.5 Å². The molecule has 0 radical (unpaired) electrons. The highest BCUT2D eigenvalue weighted by Gasteiger charge is 2.27. The molecule has 0 bridgehead atoms. The van der Waals surface area contributed by atoms with Crippen molar-refractivity contribution in [3.63, 3.8) is 0 Å². The fraction of sp³-hybridized carbons (Fsp3) is 0.176. The van der Waals surface area contributed by atoms with E-state index in [-0.39, 0.29) is 0 Å². The summed E-state index contributed by atoms with van der Waals surface area (Å²) in [6, 6.07) is 10.5. The molecule has 0 fully saturated rings. The van der Waals surface area contributed by atoms with Crippen LogP contribution in [0.15, 0.2) is 41.1 Å². The highest BCUT2D eigenvalue weighted by atomic mass is 32.1. The molecule has 3 rings (SSSR count). The summed E-state index contributed by atoms with van der Waals surface area (Å²) < 4.78 is 0. The minimum Gasteiger partial charge on any atom is -0.398 e. The minimum atomic E-state index is -1.58. The van der Waals surface area contributed by atoms with Gasteiger partial charge in [0.05, 0.1) is 29.2 Å². The van der Waals surface area contributed by atoms with Crippen molar-refractivity contribution >= 4 is 47.3 Å². The van der Waals surface area contributed by atoms with Crippen molar-refractivity contribution < 1.29 is 0 Å². The lowest BCUT2D eigenvalue weighted by Crippen LogP contribution is -2.40. The zero-order chi connectivity index (χ0) is 15.9. The first-order valence-corrected chi connectivity index (χ1v) is 12.5. The van der Waals surface area contributed by atoms with Crippen LogP contribution in [0.3, 0.4) is 0 Å². The van der Waals surface area contributed by atoms with Crippen LogP contribution in [-0.4, -0.2) is 8.07 Å². The largest absolute Gasteiger partial charge is 0.398 e. The molecule has 0 saturated heterocycles. The highest BCUT2D eigenvalue weighted by Crippen LogP contribution is 2.37. The summed E-state index contributed by atoms with van der Waals surface area (Å²) >= 11 is 3.42. The van der Waals surface area contributed by atoms with E-state index in [0.717, 1.165) is 11.4 Å². The molecule has 1 aromatic carbocycles. The molecule has 2 heterocycles. The van der Waals surface area contributed by atoms with Gasteiger partial charge in [-0.2, -0.15) is 0 Å². The minimum absolute atomic E-state index is 0.862. The molecular weight excluding hydrogens is 324 g/mol. The molecule has 22 heavy (non-hydrogen) atoms. The van der Waals surface area contributed by atoms with Gasteiger partial charge in [0.15, 0.2) is 0 Å². The third kappa shape index (κ3) is 2.60. The van der Waals surface area contributed by atoms with Crippen LogP contribution in [0.4, 0.5) is 11.4 Å². The Labute approximate surface area is 140 Å². The van der Waals surface area contributed by atoms with Gasteiger partial charge in [-0.1, -0.05) is 37.8 Å². The molecule has 0 aliphatic heterocycles. The number of thiophene rings is 2. The van der Waals surface area contributed by atoms with E-state index in [2.05, 4.69) is 48.6 Å². The van der Waals surface area contributed by atoms with E-state index in [4.69, 9.17) is 11.5 Å². The molecule has 0 atom stereocenters. The van der Waals surface area contributed by atoms with Crippen LogP contribution in [-0.2, 0) is 0 Å². The van der Waals surface area contributed by atoms with Crippen molar-refractivity contribution in [1.29, 1.82) is 0 Å². The standard InChI is InChI=1S/C17H20N2S2Si/c1-22(2,3)17-11(15-13(18)7-9-20-15)5-4-6-12(17)16-14(19)8-10-21-16/h4-10H,18-19H2,1-3H3. The summed E-state index contributed by atoms with van der Waals surface area (Å²) in [6.07, 6.45) is 0. The second-order valence-electron chi connectivity index (χ2n) is 6.39. The lowest BCUT2D eigenvalue weighted by atomic mass is 10.1. The van der Waals surface area contributed by atoms with E-state index >= 15 is 0 Å². The lowest BCUT2D eigenvalue weighted by molar-refractivity contribution is 1.66. The fourth-order valence-corrected chi connectivity index (χ4v) is 6.73. The molecular formula is C17H20N2S2Si. The third-order valence-corrected chi connectivity index (χ3v) is 7.66. The molecule has 4 N–H and O–H groups in total. The van der Waals surface area contributed by atoms with Gasteiger partial charge in [-0.15, -0.1) is 22.7 Å². The van der Waals surface area contributed by atoms with Crippen LogP contribution in [0.25, 0.3) is 20.9 Å². The van der Waals surface area contributed by atoms with Gasteiger partial charge in [0.25, 0.3) is 0 Å². The van der Waals surface area contributed by atoms with Crippen LogP contribution in [0.2, 0.25) is 19.6 Å². The number of hydrogen-bond donors (Lipinski definition) is 2. The average molecular weight is 345 g/mol. The van der Waals surface area contributed by atoms with Gasteiger partial charge in [-0.3, -0.25) is 0 Å². The van der Waals surface area contributed by atoms with Crippen LogP contribution in [0.5, 0.6) is 0 Å². The number of rotatable bonds is 3. The van der Waals surface area contributed by atoms with Gasteiger partial charge in [-0.05, 0) is 39.2 Å². The quantitative estimate of drug-likeness (QED) is 0.667. The zero-order valence-corrected chi connectivity index (χ0v) is 15.6. The maximum atomic E-state index is 6.19. The first-order chi connectivity index (χ1) is 10.4. The van der Waals surface area contributed by atoms with E-state index < -0.39 is 8.07 Å². The maximum absolute atomic E-state index is 6.19. The Balaban J connectivity index is 2.34. The summed E-state index contributed by atoms with van der Waals surface area (Å²) in [4.78, 5) is 2.35. The van der Waals surface area contributed by atoms with Gasteiger partial charge >= 0.3 is 0 Å². The second-order valence-corrected chi connectivity index (χ2v) is 13.2. The van der Waals surface area contributed by atoms with Gasteiger partial charge in [0, 0.05) is 0 Å². The van der Waals surface area contributed by atoms with E-state index in [1.54, 1.807) is 22.7 Å². The molecule has 0 aliphatic carbocycles. The average Bonchev–Trinajstić information content (AvgIpc) is 3.05.